The third kappa shape index (κ3) is 2.92. The minimum atomic E-state index is 0.520. The predicted octanol–water partition coefficient (Wildman–Crippen LogP) is 4.19. The van der Waals surface area contributed by atoms with Gasteiger partial charge in [-0.15, -0.1) is 0 Å². The topological polar surface area (TPSA) is 38.5 Å². The average Bonchev–Trinajstić information content (AvgIpc) is 2.77. The summed E-state index contributed by atoms with van der Waals surface area (Å²) < 4.78 is 6.09. The molecule has 0 aliphatic carbocycles. The number of halogens is 1. The number of nitrogens with two attached hydrogens (primary N) is 1. The maximum absolute atomic E-state index is 6.10. The van der Waals surface area contributed by atoms with Crippen molar-refractivity contribution in [1.82, 2.24) is 0 Å². The Morgan fingerprint density at radius 1 is 1.27 bits per heavy atom. The third-order valence-corrected chi connectivity index (χ3v) is 4.39. The smallest absolute Gasteiger partial charge is 0.132 e. The van der Waals surface area contributed by atoms with Crippen LogP contribution in [0.15, 0.2) is 36.4 Å². The van der Waals surface area contributed by atoms with Gasteiger partial charge in [0.25, 0.3) is 0 Å². The number of fused-ring (bicyclic) bond motifs is 1. The summed E-state index contributed by atoms with van der Waals surface area (Å²) in [6.45, 7) is 3.88. The molecule has 2 aromatic rings. The van der Waals surface area contributed by atoms with Gasteiger partial charge in [0.15, 0.2) is 0 Å². The standard InChI is InChI=1S/C18H21ClN2O/c1-12-11-21(2)17-6-5-15(10-16(12)17)22-18-9-14(19)4-3-13(18)7-8-20/h3-6,9-10,12H,7-8,11,20H2,1-2H3. The van der Waals surface area contributed by atoms with Gasteiger partial charge in [0.2, 0.25) is 0 Å². The van der Waals surface area contributed by atoms with Crippen molar-refractivity contribution in [2.24, 2.45) is 5.73 Å². The molecule has 0 radical (unpaired) electrons. The number of anilines is 1. The van der Waals surface area contributed by atoms with E-state index >= 15 is 0 Å². The van der Waals surface area contributed by atoms with E-state index in [-0.39, 0.29) is 0 Å². The van der Waals surface area contributed by atoms with Crippen molar-refractivity contribution >= 4 is 17.3 Å². The number of hydrogen-bond acceptors (Lipinski definition) is 3. The van der Waals surface area contributed by atoms with E-state index in [9.17, 15) is 0 Å². The van der Waals surface area contributed by atoms with Gasteiger partial charge in [0, 0.05) is 30.2 Å². The quantitative estimate of drug-likeness (QED) is 0.919. The normalized spacial score (nSPS) is 16.7. The fraction of sp³-hybridized carbons (Fsp3) is 0.333. The highest BCUT2D eigenvalue weighted by Crippen LogP contribution is 2.38. The van der Waals surface area contributed by atoms with Crippen LogP contribution in [-0.4, -0.2) is 20.1 Å². The molecule has 2 N–H and O–H groups in total. The lowest BCUT2D eigenvalue weighted by molar-refractivity contribution is 0.475. The first-order chi connectivity index (χ1) is 10.6. The summed E-state index contributed by atoms with van der Waals surface area (Å²) in [7, 11) is 2.12. The van der Waals surface area contributed by atoms with Crippen LogP contribution in [0.2, 0.25) is 5.02 Å². The summed E-state index contributed by atoms with van der Waals surface area (Å²) in [4.78, 5) is 2.28. The number of benzene rings is 2. The molecule has 0 saturated heterocycles. The van der Waals surface area contributed by atoms with E-state index in [0.717, 1.165) is 30.0 Å². The summed E-state index contributed by atoms with van der Waals surface area (Å²) in [6.07, 6.45) is 0.774. The molecule has 116 valence electrons. The number of hydrogen-bond donors (Lipinski definition) is 1. The number of likely N-dealkylation sites (N-methyl/N-ethyl adjacent to an activating group) is 1. The van der Waals surface area contributed by atoms with Crippen molar-refractivity contribution in [3.63, 3.8) is 0 Å². The van der Waals surface area contributed by atoms with E-state index in [4.69, 9.17) is 22.1 Å². The maximum atomic E-state index is 6.10. The van der Waals surface area contributed by atoms with Crippen LogP contribution in [0.3, 0.4) is 0 Å². The van der Waals surface area contributed by atoms with Gasteiger partial charge >= 0.3 is 0 Å². The zero-order chi connectivity index (χ0) is 15.7. The largest absolute Gasteiger partial charge is 0.457 e. The molecule has 0 saturated carbocycles. The molecular weight excluding hydrogens is 296 g/mol. The summed E-state index contributed by atoms with van der Waals surface area (Å²) in [6, 6.07) is 12.0. The van der Waals surface area contributed by atoms with Gasteiger partial charge in [-0.1, -0.05) is 24.6 Å². The second-order valence-electron chi connectivity index (χ2n) is 5.89. The molecule has 1 atom stereocenters. The van der Waals surface area contributed by atoms with Crippen molar-refractivity contribution in [1.29, 1.82) is 0 Å². The van der Waals surface area contributed by atoms with Crippen LogP contribution in [0.1, 0.15) is 24.0 Å². The number of ether oxygens (including phenoxy) is 1. The van der Waals surface area contributed by atoms with E-state index in [2.05, 4.69) is 31.0 Å². The van der Waals surface area contributed by atoms with Gasteiger partial charge in [0.05, 0.1) is 0 Å². The third-order valence-electron chi connectivity index (χ3n) is 4.16. The molecule has 0 fully saturated rings. The summed E-state index contributed by atoms with van der Waals surface area (Å²) in [5, 5.41) is 0.671. The Labute approximate surface area is 136 Å². The maximum Gasteiger partial charge on any atom is 0.132 e. The molecule has 3 rings (SSSR count). The number of rotatable bonds is 4. The first-order valence-corrected chi connectivity index (χ1v) is 7.97. The lowest BCUT2D eigenvalue weighted by Gasteiger charge is -2.14. The highest BCUT2D eigenvalue weighted by Gasteiger charge is 2.23. The van der Waals surface area contributed by atoms with E-state index in [1.807, 2.05) is 24.3 Å². The Morgan fingerprint density at radius 3 is 2.86 bits per heavy atom. The second-order valence-corrected chi connectivity index (χ2v) is 6.33. The Kier molecular flexibility index (Phi) is 4.27. The van der Waals surface area contributed by atoms with E-state index in [0.29, 0.717) is 17.5 Å². The molecule has 22 heavy (non-hydrogen) atoms. The average molecular weight is 317 g/mol. The lowest BCUT2D eigenvalue weighted by Crippen LogP contribution is -2.13. The Hall–Kier alpha value is -1.71. The van der Waals surface area contributed by atoms with Crippen LogP contribution in [0.25, 0.3) is 0 Å². The Bertz CT molecular complexity index is 687. The highest BCUT2D eigenvalue weighted by atomic mass is 35.5. The van der Waals surface area contributed by atoms with E-state index in [1.165, 1.54) is 11.3 Å². The monoisotopic (exact) mass is 316 g/mol. The molecule has 0 bridgehead atoms. The van der Waals surface area contributed by atoms with Gasteiger partial charge in [-0.3, -0.25) is 0 Å². The Balaban J connectivity index is 1.91. The zero-order valence-corrected chi connectivity index (χ0v) is 13.7. The van der Waals surface area contributed by atoms with Crippen LogP contribution >= 0.6 is 11.6 Å². The minimum absolute atomic E-state index is 0.520. The minimum Gasteiger partial charge on any atom is -0.457 e. The second kappa shape index (κ2) is 6.19. The predicted molar refractivity (Wildman–Crippen MR) is 92.4 cm³/mol. The zero-order valence-electron chi connectivity index (χ0n) is 13.0. The van der Waals surface area contributed by atoms with Crippen LogP contribution in [0.5, 0.6) is 11.5 Å². The van der Waals surface area contributed by atoms with Gasteiger partial charge < -0.3 is 15.4 Å². The lowest BCUT2D eigenvalue weighted by atomic mass is 10.0. The molecule has 0 spiro atoms. The van der Waals surface area contributed by atoms with E-state index in [1.54, 1.807) is 0 Å². The van der Waals surface area contributed by atoms with Crippen LogP contribution < -0.4 is 15.4 Å². The Morgan fingerprint density at radius 2 is 2.09 bits per heavy atom. The van der Waals surface area contributed by atoms with Crippen molar-refractivity contribution in [3.8, 4) is 11.5 Å². The SMILES string of the molecule is CC1CN(C)c2ccc(Oc3cc(Cl)ccc3CCN)cc21. The van der Waals surface area contributed by atoms with Gasteiger partial charge in [-0.05, 0) is 54.4 Å². The van der Waals surface area contributed by atoms with Crippen molar-refractivity contribution in [3.05, 3.63) is 52.5 Å². The van der Waals surface area contributed by atoms with Crippen LogP contribution in [0.4, 0.5) is 5.69 Å². The van der Waals surface area contributed by atoms with Crippen molar-refractivity contribution < 1.29 is 4.74 Å². The van der Waals surface area contributed by atoms with Gasteiger partial charge in [0.1, 0.15) is 11.5 Å². The summed E-state index contributed by atoms with van der Waals surface area (Å²) >= 11 is 6.10. The van der Waals surface area contributed by atoms with Crippen molar-refractivity contribution in [2.45, 2.75) is 19.3 Å². The fourth-order valence-electron chi connectivity index (χ4n) is 3.06. The van der Waals surface area contributed by atoms with Crippen molar-refractivity contribution in [2.75, 3.05) is 25.0 Å². The highest BCUT2D eigenvalue weighted by molar-refractivity contribution is 6.30. The molecule has 0 amide bonds. The molecule has 0 aromatic heterocycles. The molecule has 1 aliphatic heterocycles. The molecule has 1 unspecified atom stereocenters. The first-order valence-electron chi connectivity index (χ1n) is 7.60. The van der Waals surface area contributed by atoms with Crippen LogP contribution in [-0.2, 0) is 6.42 Å². The van der Waals surface area contributed by atoms with Gasteiger partial charge in [-0.2, -0.15) is 0 Å². The molecule has 2 aromatic carbocycles. The fourth-order valence-corrected chi connectivity index (χ4v) is 3.22. The van der Waals surface area contributed by atoms with Gasteiger partial charge in [-0.25, -0.2) is 0 Å². The molecule has 1 aliphatic rings. The molecule has 3 nitrogen and oxygen atoms in total. The summed E-state index contributed by atoms with van der Waals surface area (Å²) in [5.74, 6) is 2.16. The first kappa shape index (κ1) is 15.2. The molecule has 4 heteroatoms. The summed E-state index contributed by atoms with van der Waals surface area (Å²) in [5.41, 5.74) is 9.38. The van der Waals surface area contributed by atoms with E-state index < -0.39 is 0 Å². The molecular formula is C18H21ClN2O. The number of nitrogens with zero attached hydrogens (tertiary/aromatic N) is 1. The van der Waals surface area contributed by atoms with Crippen LogP contribution in [0, 0.1) is 0 Å². The molecule has 1 heterocycles.